The Hall–Kier alpha value is -2.57. The summed E-state index contributed by atoms with van der Waals surface area (Å²) in [7, 11) is 3.69. The number of rotatable bonds is 7. The van der Waals surface area contributed by atoms with Crippen LogP contribution in [-0.4, -0.2) is 54.4 Å². The van der Waals surface area contributed by atoms with Gasteiger partial charge >= 0.3 is 0 Å². The standard InChI is InChI=1S/C17H24FN5O/c1-14-12-21-23(13-14)9-8-20-17(19-2)22(3)10-11-24-16-6-4-15(18)5-7-16/h4-7,12-13H,8-11H2,1-3H3,(H,19,20). The van der Waals surface area contributed by atoms with Crippen LogP contribution in [0.3, 0.4) is 0 Å². The third kappa shape index (κ3) is 5.57. The minimum atomic E-state index is -0.267. The molecule has 0 spiro atoms. The summed E-state index contributed by atoms with van der Waals surface area (Å²) in [6, 6.07) is 6.01. The van der Waals surface area contributed by atoms with Crippen molar-refractivity contribution < 1.29 is 9.13 Å². The molecule has 1 aromatic carbocycles. The van der Waals surface area contributed by atoms with Gasteiger partial charge in [0.1, 0.15) is 18.2 Å². The summed E-state index contributed by atoms with van der Waals surface area (Å²) in [5.74, 6) is 1.18. The number of ether oxygens (including phenoxy) is 1. The number of guanidine groups is 1. The first kappa shape index (κ1) is 17.8. The van der Waals surface area contributed by atoms with Crippen LogP contribution in [0.5, 0.6) is 5.75 Å². The minimum absolute atomic E-state index is 0.267. The van der Waals surface area contributed by atoms with Gasteiger partial charge in [0.15, 0.2) is 5.96 Å². The fourth-order valence-corrected chi connectivity index (χ4v) is 2.19. The van der Waals surface area contributed by atoms with Gasteiger partial charge in [-0.15, -0.1) is 0 Å². The van der Waals surface area contributed by atoms with Gasteiger partial charge in [0.2, 0.25) is 0 Å². The molecule has 0 saturated heterocycles. The van der Waals surface area contributed by atoms with Crippen molar-refractivity contribution in [3.63, 3.8) is 0 Å². The molecule has 0 amide bonds. The smallest absolute Gasteiger partial charge is 0.193 e. The molecule has 0 bridgehead atoms. The Balaban J connectivity index is 1.70. The first-order valence-corrected chi connectivity index (χ1v) is 7.87. The molecule has 130 valence electrons. The average molecular weight is 333 g/mol. The van der Waals surface area contributed by atoms with Gasteiger partial charge in [-0.1, -0.05) is 0 Å². The van der Waals surface area contributed by atoms with Crippen molar-refractivity contribution in [3.05, 3.63) is 48.0 Å². The number of aromatic nitrogens is 2. The second-order valence-electron chi connectivity index (χ2n) is 5.48. The number of nitrogens with zero attached hydrogens (tertiary/aromatic N) is 4. The number of aryl methyl sites for hydroxylation is 1. The number of aliphatic imine (C=N–C) groups is 1. The lowest BCUT2D eigenvalue weighted by atomic mass is 10.3. The zero-order valence-electron chi connectivity index (χ0n) is 14.4. The molecule has 1 heterocycles. The fraction of sp³-hybridized carbons (Fsp3) is 0.412. The summed E-state index contributed by atoms with van der Waals surface area (Å²) in [6.07, 6.45) is 3.85. The maximum Gasteiger partial charge on any atom is 0.193 e. The van der Waals surface area contributed by atoms with Crippen LogP contribution in [0.4, 0.5) is 4.39 Å². The van der Waals surface area contributed by atoms with Crippen molar-refractivity contribution in [2.75, 3.05) is 33.8 Å². The van der Waals surface area contributed by atoms with Gasteiger partial charge < -0.3 is 15.0 Å². The van der Waals surface area contributed by atoms with Crippen molar-refractivity contribution in [2.24, 2.45) is 4.99 Å². The van der Waals surface area contributed by atoms with Gasteiger partial charge in [0.05, 0.1) is 19.3 Å². The van der Waals surface area contributed by atoms with Crippen LogP contribution in [0.25, 0.3) is 0 Å². The van der Waals surface area contributed by atoms with Gasteiger partial charge in [0.25, 0.3) is 0 Å². The molecule has 0 unspecified atom stereocenters. The molecule has 1 aromatic heterocycles. The lowest BCUT2D eigenvalue weighted by Crippen LogP contribution is -2.42. The Morgan fingerprint density at radius 2 is 2.12 bits per heavy atom. The van der Waals surface area contributed by atoms with Crippen LogP contribution in [0.2, 0.25) is 0 Å². The van der Waals surface area contributed by atoms with Crippen molar-refractivity contribution in [2.45, 2.75) is 13.5 Å². The van der Waals surface area contributed by atoms with Gasteiger partial charge in [-0.3, -0.25) is 9.67 Å². The van der Waals surface area contributed by atoms with E-state index < -0.39 is 0 Å². The third-order valence-electron chi connectivity index (χ3n) is 3.47. The van der Waals surface area contributed by atoms with Gasteiger partial charge in [-0.25, -0.2) is 4.39 Å². The predicted molar refractivity (Wildman–Crippen MR) is 92.9 cm³/mol. The van der Waals surface area contributed by atoms with Crippen molar-refractivity contribution in [3.8, 4) is 5.75 Å². The maximum absolute atomic E-state index is 12.8. The molecular formula is C17H24FN5O. The number of likely N-dealkylation sites (N-methyl/N-ethyl adjacent to an activating group) is 1. The molecule has 0 fully saturated rings. The topological polar surface area (TPSA) is 54.7 Å². The third-order valence-corrected chi connectivity index (χ3v) is 3.47. The second-order valence-corrected chi connectivity index (χ2v) is 5.48. The number of nitrogens with one attached hydrogen (secondary N) is 1. The normalized spacial score (nSPS) is 11.4. The fourth-order valence-electron chi connectivity index (χ4n) is 2.19. The Labute approximate surface area is 141 Å². The molecule has 0 radical (unpaired) electrons. The Morgan fingerprint density at radius 1 is 1.38 bits per heavy atom. The van der Waals surface area contributed by atoms with Crippen molar-refractivity contribution >= 4 is 5.96 Å². The average Bonchev–Trinajstić information content (AvgIpc) is 2.98. The molecular weight excluding hydrogens is 309 g/mol. The minimum Gasteiger partial charge on any atom is -0.492 e. The Kier molecular flexibility index (Phi) is 6.60. The summed E-state index contributed by atoms with van der Waals surface area (Å²) in [6.45, 7) is 4.67. The van der Waals surface area contributed by atoms with Crippen LogP contribution < -0.4 is 10.1 Å². The van der Waals surface area contributed by atoms with Gasteiger partial charge in [-0.2, -0.15) is 5.10 Å². The Bertz CT molecular complexity index is 653. The zero-order chi connectivity index (χ0) is 17.4. The highest BCUT2D eigenvalue weighted by atomic mass is 19.1. The van der Waals surface area contributed by atoms with Gasteiger partial charge in [0, 0.05) is 26.8 Å². The zero-order valence-corrected chi connectivity index (χ0v) is 14.4. The second kappa shape index (κ2) is 8.90. The van der Waals surface area contributed by atoms with E-state index in [1.807, 2.05) is 35.9 Å². The largest absolute Gasteiger partial charge is 0.492 e. The molecule has 24 heavy (non-hydrogen) atoms. The summed E-state index contributed by atoms with van der Waals surface area (Å²) in [5, 5.41) is 7.54. The number of halogens is 1. The van der Waals surface area contributed by atoms with Crippen LogP contribution in [0.1, 0.15) is 5.56 Å². The molecule has 0 saturated carbocycles. The first-order chi connectivity index (χ1) is 11.6. The predicted octanol–water partition coefficient (Wildman–Crippen LogP) is 1.92. The molecule has 0 aliphatic heterocycles. The van der Waals surface area contributed by atoms with E-state index >= 15 is 0 Å². The molecule has 0 atom stereocenters. The highest BCUT2D eigenvalue weighted by molar-refractivity contribution is 5.79. The molecule has 0 aliphatic rings. The van der Waals surface area contributed by atoms with Crippen molar-refractivity contribution in [1.82, 2.24) is 20.0 Å². The SMILES string of the molecule is CN=C(NCCn1cc(C)cn1)N(C)CCOc1ccc(F)cc1. The number of hydrogen-bond acceptors (Lipinski definition) is 3. The highest BCUT2D eigenvalue weighted by Crippen LogP contribution is 2.10. The van der Waals surface area contributed by atoms with E-state index in [1.54, 1.807) is 19.2 Å². The van der Waals surface area contributed by atoms with E-state index in [-0.39, 0.29) is 5.82 Å². The summed E-state index contributed by atoms with van der Waals surface area (Å²) in [4.78, 5) is 6.24. The van der Waals surface area contributed by atoms with E-state index in [9.17, 15) is 4.39 Å². The Morgan fingerprint density at radius 3 is 2.75 bits per heavy atom. The lowest BCUT2D eigenvalue weighted by molar-refractivity contribution is 0.281. The summed E-state index contributed by atoms with van der Waals surface area (Å²) >= 11 is 0. The molecule has 2 aromatic rings. The lowest BCUT2D eigenvalue weighted by Gasteiger charge is -2.22. The number of benzene rings is 1. The maximum atomic E-state index is 12.8. The van der Waals surface area contributed by atoms with E-state index in [1.165, 1.54) is 12.1 Å². The monoisotopic (exact) mass is 333 g/mol. The van der Waals surface area contributed by atoms with E-state index in [0.29, 0.717) is 18.9 Å². The molecule has 2 rings (SSSR count). The van der Waals surface area contributed by atoms with E-state index in [4.69, 9.17) is 4.74 Å². The summed E-state index contributed by atoms with van der Waals surface area (Å²) in [5.41, 5.74) is 1.15. The molecule has 1 N–H and O–H groups in total. The van der Waals surface area contributed by atoms with E-state index in [0.717, 1.165) is 24.6 Å². The van der Waals surface area contributed by atoms with Crippen LogP contribution in [0, 0.1) is 12.7 Å². The van der Waals surface area contributed by atoms with Crippen LogP contribution in [0.15, 0.2) is 41.7 Å². The van der Waals surface area contributed by atoms with Crippen LogP contribution >= 0.6 is 0 Å². The highest BCUT2D eigenvalue weighted by Gasteiger charge is 2.06. The summed E-state index contributed by atoms with van der Waals surface area (Å²) < 4.78 is 20.3. The quantitative estimate of drug-likeness (QED) is 0.621. The van der Waals surface area contributed by atoms with E-state index in [2.05, 4.69) is 15.4 Å². The van der Waals surface area contributed by atoms with Crippen molar-refractivity contribution in [1.29, 1.82) is 0 Å². The molecule has 7 heteroatoms. The number of hydrogen-bond donors (Lipinski definition) is 1. The van der Waals surface area contributed by atoms with Gasteiger partial charge in [-0.05, 0) is 36.8 Å². The first-order valence-electron chi connectivity index (χ1n) is 7.87. The molecule has 0 aliphatic carbocycles. The molecule has 6 nitrogen and oxygen atoms in total. The van der Waals surface area contributed by atoms with Crippen LogP contribution in [-0.2, 0) is 6.54 Å².